The molecular formula is C21H33N7O. The average molecular weight is 400 g/mol. The molecule has 0 radical (unpaired) electrons. The first-order valence-electron chi connectivity index (χ1n) is 10.7. The highest BCUT2D eigenvalue weighted by Gasteiger charge is 2.39. The summed E-state index contributed by atoms with van der Waals surface area (Å²) in [4.78, 5) is 14.1. The normalized spacial score (nSPS) is 21.9. The topological polar surface area (TPSA) is 72.2 Å². The van der Waals surface area contributed by atoms with Crippen LogP contribution in [0.25, 0.3) is 0 Å². The van der Waals surface area contributed by atoms with Crippen molar-refractivity contribution in [2.24, 2.45) is 5.92 Å². The van der Waals surface area contributed by atoms with E-state index in [9.17, 15) is 0 Å². The van der Waals surface area contributed by atoms with Crippen molar-refractivity contribution < 1.29 is 4.74 Å². The summed E-state index contributed by atoms with van der Waals surface area (Å²) in [6.45, 7) is 13.8. The smallest absolute Gasteiger partial charge is 0.227 e. The number of hydrogen-bond donors (Lipinski definition) is 0. The number of ether oxygens (including phenoxy) is 1. The number of aryl methyl sites for hydroxylation is 1. The summed E-state index contributed by atoms with van der Waals surface area (Å²) < 4.78 is 7.61. The minimum absolute atomic E-state index is 0.403. The fraction of sp³-hybridized carbons (Fsp3) is 0.714. The van der Waals surface area contributed by atoms with E-state index in [0.717, 1.165) is 61.7 Å². The fourth-order valence-electron chi connectivity index (χ4n) is 4.18. The van der Waals surface area contributed by atoms with Gasteiger partial charge in [-0.05, 0) is 30.7 Å². The highest BCUT2D eigenvalue weighted by atomic mass is 16.5. The van der Waals surface area contributed by atoms with Crippen LogP contribution in [0.2, 0.25) is 0 Å². The van der Waals surface area contributed by atoms with E-state index in [1.54, 1.807) is 7.11 Å². The van der Waals surface area contributed by atoms with Crippen LogP contribution in [-0.4, -0.2) is 64.6 Å². The molecule has 2 atom stereocenters. The maximum absolute atomic E-state index is 5.33. The van der Waals surface area contributed by atoms with E-state index in [0.29, 0.717) is 24.4 Å². The second-order valence-electron chi connectivity index (χ2n) is 8.69. The summed E-state index contributed by atoms with van der Waals surface area (Å²) in [5, 5.41) is 9.12. The van der Waals surface area contributed by atoms with E-state index < -0.39 is 0 Å². The third-order valence-corrected chi connectivity index (χ3v) is 6.11. The van der Waals surface area contributed by atoms with E-state index >= 15 is 0 Å². The minimum atomic E-state index is 0.403. The van der Waals surface area contributed by atoms with Gasteiger partial charge >= 0.3 is 0 Å². The Hall–Kier alpha value is -2.22. The number of hydrogen-bond acceptors (Lipinski definition) is 7. The van der Waals surface area contributed by atoms with Gasteiger partial charge in [-0.2, -0.15) is 0 Å². The zero-order valence-electron chi connectivity index (χ0n) is 18.3. The number of aromatic nitrogens is 5. The van der Waals surface area contributed by atoms with Crippen molar-refractivity contribution in [2.45, 2.75) is 52.5 Å². The maximum atomic E-state index is 5.33. The van der Waals surface area contributed by atoms with E-state index in [-0.39, 0.29) is 0 Å². The van der Waals surface area contributed by atoms with Crippen LogP contribution in [0.1, 0.15) is 56.1 Å². The van der Waals surface area contributed by atoms with E-state index in [1.807, 2.05) is 6.20 Å². The number of nitrogens with zero attached hydrogens (tertiary/aromatic N) is 7. The van der Waals surface area contributed by atoms with Crippen molar-refractivity contribution in [3.63, 3.8) is 0 Å². The van der Waals surface area contributed by atoms with Crippen LogP contribution < -0.4 is 9.80 Å². The molecule has 8 nitrogen and oxygen atoms in total. The number of anilines is 2. The average Bonchev–Trinajstić information content (AvgIpc) is 3.29. The predicted octanol–water partition coefficient (Wildman–Crippen LogP) is 2.60. The molecule has 2 unspecified atom stereocenters. The molecule has 2 fully saturated rings. The van der Waals surface area contributed by atoms with Gasteiger partial charge in [0.25, 0.3) is 0 Å². The number of methoxy groups -OCH3 is 1. The summed E-state index contributed by atoms with van der Waals surface area (Å²) in [6.07, 6.45) is 3.16. The zero-order valence-corrected chi connectivity index (χ0v) is 18.3. The van der Waals surface area contributed by atoms with Gasteiger partial charge in [-0.1, -0.05) is 20.8 Å². The van der Waals surface area contributed by atoms with Gasteiger partial charge in [-0.15, -0.1) is 10.2 Å². The molecule has 2 aromatic rings. The SMILES string of the molecule is COCCn1c(C2CC2C)nnc1N1CCN(c2ncc(C)c(C(C)C)n2)CC1. The standard InChI is InChI=1S/C21H33N7O/c1-14(2)18-16(4)13-22-20(23-18)26-6-8-27(9-7-26)21-25-24-19(17-12-15(17)3)28(21)10-11-29-5/h13-15,17H,6-12H2,1-5H3. The Labute approximate surface area is 173 Å². The van der Waals surface area contributed by atoms with Gasteiger partial charge in [0.15, 0.2) is 0 Å². The minimum Gasteiger partial charge on any atom is -0.383 e. The Kier molecular flexibility index (Phi) is 5.72. The van der Waals surface area contributed by atoms with E-state index in [4.69, 9.17) is 9.72 Å². The first kappa shape index (κ1) is 20.1. The van der Waals surface area contributed by atoms with Gasteiger partial charge in [-0.3, -0.25) is 4.57 Å². The second kappa shape index (κ2) is 8.26. The Morgan fingerprint density at radius 1 is 1.14 bits per heavy atom. The Balaban J connectivity index is 1.47. The van der Waals surface area contributed by atoms with Crippen molar-refractivity contribution in [3.8, 4) is 0 Å². The summed E-state index contributed by atoms with van der Waals surface area (Å²) >= 11 is 0. The number of rotatable bonds is 7. The summed E-state index contributed by atoms with van der Waals surface area (Å²) in [7, 11) is 1.75. The van der Waals surface area contributed by atoms with Gasteiger partial charge in [0.2, 0.25) is 11.9 Å². The Morgan fingerprint density at radius 2 is 1.83 bits per heavy atom. The molecule has 0 bridgehead atoms. The van der Waals surface area contributed by atoms with Crippen molar-refractivity contribution in [2.75, 3.05) is 49.7 Å². The lowest BCUT2D eigenvalue weighted by Crippen LogP contribution is -2.48. The summed E-state index contributed by atoms with van der Waals surface area (Å²) in [6, 6.07) is 0. The highest BCUT2D eigenvalue weighted by Crippen LogP contribution is 2.46. The van der Waals surface area contributed by atoms with Crippen molar-refractivity contribution in [3.05, 3.63) is 23.3 Å². The summed E-state index contributed by atoms with van der Waals surface area (Å²) in [5.41, 5.74) is 2.30. The Morgan fingerprint density at radius 3 is 2.45 bits per heavy atom. The van der Waals surface area contributed by atoms with Gasteiger partial charge in [0.05, 0.1) is 18.8 Å². The van der Waals surface area contributed by atoms with Gasteiger partial charge in [0.1, 0.15) is 5.82 Å². The molecule has 0 amide bonds. The second-order valence-corrected chi connectivity index (χ2v) is 8.69. The molecule has 4 rings (SSSR count). The van der Waals surface area contributed by atoms with Crippen LogP contribution in [0.4, 0.5) is 11.9 Å². The van der Waals surface area contributed by atoms with Crippen molar-refractivity contribution >= 4 is 11.9 Å². The molecule has 29 heavy (non-hydrogen) atoms. The first-order valence-corrected chi connectivity index (χ1v) is 10.7. The molecule has 0 aromatic carbocycles. The predicted molar refractivity (Wildman–Crippen MR) is 114 cm³/mol. The lowest BCUT2D eigenvalue weighted by atomic mass is 10.1. The third kappa shape index (κ3) is 4.08. The van der Waals surface area contributed by atoms with Crippen molar-refractivity contribution in [1.82, 2.24) is 24.7 Å². The fourth-order valence-corrected chi connectivity index (χ4v) is 4.18. The van der Waals surface area contributed by atoms with Gasteiger partial charge in [0, 0.05) is 45.4 Å². The summed E-state index contributed by atoms with van der Waals surface area (Å²) in [5.74, 6) is 4.59. The van der Waals surface area contributed by atoms with Crippen LogP contribution in [0.15, 0.2) is 6.20 Å². The van der Waals surface area contributed by atoms with Crippen LogP contribution in [0, 0.1) is 12.8 Å². The Bertz CT molecular complexity index is 842. The molecular weight excluding hydrogens is 366 g/mol. The zero-order chi connectivity index (χ0) is 20.5. The molecule has 1 saturated carbocycles. The number of piperazine rings is 1. The molecule has 0 spiro atoms. The molecule has 2 aromatic heterocycles. The van der Waals surface area contributed by atoms with Crippen LogP contribution >= 0.6 is 0 Å². The molecule has 158 valence electrons. The molecule has 1 aliphatic carbocycles. The first-order chi connectivity index (χ1) is 14.0. The highest BCUT2D eigenvalue weighted by molar-refractivity contribution is 5.40. The quantitative estimate of drug-likeness (QED) is 0.708. The van der Waals surface area contributed by atoms with E-state index in [1.165, 1.54) is 6.42 Å². The van der Waals surface area contributed by atoms with Crippen LogP contribution in [0.3, 0.4) is 0 Å². The van der Waals surface area contributed by atoms with Gasteiger partial charge < -0.3 is 14.5 Å². The molecule has 2 aliphatic rings. The van der Waals surface area contributed by atoms with E-state index in [2.05, 4.69) is 57.2 Å². The van der Waals surface area contributed by atoms with Gasteiger partial charge in [-0.25, -0.2) is 9.97 Å². The van der Waals surface area contributed by atoms with Crippen LogP contribution in [0.5, 0.6) is 0 Å². The maximum Gasteiger partial charge on any atom is 0.227 e. The molecule has 8 heteroatoms. The molecule has 1 aliphatic heterocycles. The molecule has 3 heterocycles. The lowest BCUT2D eigenvalue weighted by molar-refractivity contribution is 0.186. The van der Waals surface area contributed by atoms with Crippen molar-refractivity contribution in [1.29, 1.82) is 0 Å². The monoisotopic (exact) mass is 399 g/mol. The molecule has 1 saturated heterocycles. The lowest BCUT2D eigenvalue weighted by Gasteiger charge is -2.35. The van der Waals surface area contributed by atoms with Crippen LogP contribution in [-0.2, 0) is 11.3 Å². The third-order valence-electron chi connectivity index (χ3n) is 6.11. The molecule has 0 N–H and O–H groups in total. The largest absolute Gasteiger partial charge is 0.383 e.